The summed E-state index contributed by atoms with van der Waals surface area (Å²) in [5.74, 6) is 1.63. The number of aromatic nitrogens is 3. The molecule has 0 aliphatic carbocycles. The fourth-order valence-corrected chi connectivity index (χ4v) is 2.91. The largest absolute Gasteiger partial charge is 0.340 e. The molecule has 2 aromatic carbocycles. The fourth-order valence-electron chi connectivity index (χ4n) is 2.91. The maximum Gasteiger partial charge on any atom is 0.255 e. The number of carbonyl (C=O) groups is 2. The van der Waals surface area contributed by atoms with Gasteiger partial charge >= 0.3 is 0 Å². The number of Topliss-reactive ketones (excluding diaryl/α,β-unsaturated/α-hetero) is 1. The topological polar surface area (TPSA) is 109 Å². The van der Waals surface area contributed by atoms with Gasteiger partial charge in [-0.2, -0.15) is 0 Å². The lowest BCUT2D eigenvalue weighted by molar-refractivity contribution is 0.101. The van der Waals surface area contributed by atoms with Crippen LogP contribution in [0, 0.1) is 0 Å². The first-order valence-corrected chi connectivity index (χ1v) is 9.86. The smallest absolute Gasteiger partial charge is 0.255 e. The average molecular weight is 424 g/mol. The molecule has 4 aromatic rings. The van der Waals surface area contributed by atoms with Gasteiger partial charge in [0.25, 0.3) is 5.91 Å². The number of pyridine rings is 1. The standard InChI is InChI=1S/C24H20N6O2/c1-16(31)17-5-7-18(8-6-17)24(32)29-20-11-9-19(10-12-20)28-22-14-23(27-15-26-22)30-21-4-2-3-13-25-21/h2-15H,1H3,(H,29,32)(H2,25,26,27,28,30). The van der Waals surface area contributed by atoms with Crippen molar-refractivity contribution < 1.29 is 9.59 Å². The van der Waals surface area contributed by atoms with Crippen molar-refractivity contribution in [2.75, 3.05) is 16.0 Å². The van der Waals surface area contributed by atoms with Crippen molar-refractivity contribution in [3.63, 3.8) is 0 Å². The van der Waals surface area contributed by atoms with Crippen LogP contribution in [0.2, 0.25) is 0 Å². The van der Waals surface area contributed by atoms with Crippen LogP contribution >= 0.6 is 0 Å². The van der Waals surface area contributed by atoms with Gasteiger partial charge in [-0.15, -0.1) is 0 Å². The maximum absolute atomic E-state index is 12.4. The molecule has 4 rings (SSSR count). The minimum absolute atomic E-state index is 0.0385. The van der Waals surface area contributed by atoms with E-state index < -0.39 is 0 Å². The van der Waals surface area contributed by atoms with Crippen LogP contribution in [-0.4, -0.2) is 26.6 Å². The Bertz CT molecular complexity index is 1230. The Morgan fingerprint density at radius 3 is 2.00 bits per heavy atom. The normalized spacial score (nSPS) is 10.3. The highest BCUT2D eigenvalue weighted by Crippen LogP contribution is 2.20. The third kappa shape index (κ3) is 5.31. The summed E-state index contributed by atoms with van der Waals surface area (Å²) in [5.41, 5.74) is 2.50. The number of anilines is 5. The van der Waals surface area contributed by atoms with Crippen LogP contribution in [0.25, 0.3) is 0 Å². The number of hydrogen-bond acceptors (Lipinski definition) is 7. The van der Waals surface area contributed by atoms with Crippen LogP contribution < -0.4 is 16.0 Å². The van der Waals surface area contributed by atoms with Crippen molar-refractivity contribution in [3.8, 4) is 0 Å². The molecule has 0 aliphatic heterocycles. The Kier molecular flexibility index (Phi) is 6.12. The SMILES string of the molecule is CC(=O)c1ccc(C(=O)Nc2ccc(Nc3cc(Nc4ccccn4)ncn3)cc2)cc1. The second kappa shape index (κ2) is 9.48. The number of benzene rings is 2. The van der Waals surface area contributed by atoms with Gasteiger partial charge < -0.3 is 16.0 Å². The average Bonchev–Trinajstić information content (AvgIpc) is 2.81. The lowest BCUT2D eigenvalue weighted by Crippen LogP contribution is -2.12. The summed E-state index contributed by atoms with van der Waals surface area (Å²) in [6.07, 6.45) is 3.16. The third-order valence-corrected chi connectivity index (χ3v) is 4.56. The van der Waals surface area contributed by atoms with Crippen molar-refractivity contribution in [2.24, 2.45) is 0 Å². The van der Waals surface area contributed by atoms with Crippen LogP contribution in [0.4, 0.5) is 28.8 Å². The van der Waals surface area contributed by atoms with Crippen molar-refractivity contribution >= 4 is 40.5 Å². The summed E-state index contributed by atoms with van der Waals surface area (Å²) in [5, 5.41) is 9.16. The third-order valence-electron chi connectivity index (χ3n) is 4.56. The highest BCUT2D eigenvalue weighted by molar-refractivity contribution is 6.05. The Morgan fingerprint density at radius 2 is 1.34 bits per heavy atom. The number of nitrogens with zero attached hydrogens (tertiary/aromatic N) is 3. The Morgan fingerprint density at radius 1 is 0.688 bits per heavy atom. The van der Waals surface area contributed by atoms with E-state index in [4.69, 9.17) is 0 Å². The molecule has 0 saturated carbocycles. The molecule has 0 unspecified atom stereocenters. The molecule has 0 bridgehead atoms. The van der Waals surface area contributed by atoms with E-state index in [1.807, 2.05) is 30.3 Å². The van der Waals surface area contributed by atoms with Gasteiger partial charge in [0.05, 0.1) is 0 Å². The van der Waals surface area contributed by atoms with Crippen molar-refractivity contribution in [3.05, 3.63) is 96.4 Å². The number of ketones is 1. The van der Waals surface area contributed by atoms with Gasteiger partial charge in [-0.3, -0.25) is 9.59 Å². The predicted molar refractivity (Wildman–Crippen MR) is 124 cm³/mol. The first kappa shape index (κ1) is 20.7. The van der Waals surface area contributed by atoms with E-state index in [9.17, 15) is 9.59 Å². The van der Waals surface area contributed by atoms with Crippen LogP contribution in [-0.2, 0) is 0 Å². The number of amides is 1. The second-order valence-corrected chi connectivity index (χ2v) is 6.92. The number of hydrogen-bond donors (Lipinski definition) is 3. The predicted octanol–water partition coefficient (Wildman–Crippen LogP) is 4.81. The summed E-state index contributed by atoms with van der Waals surface area (Å²) in [6.45, 7) is 1.49. The summed E-state index contributed by atoms with van der Waals surface area (Å²) < 4.78 is 0. The molecule has 2 heterocycles. The van der Waals surface area contributed by atoms with E-state index in [1.54, 1.807) is 48.7 Å². The molecule has 0 atom stereocenters. The molecule has 0 fully saturated rings. The van der Waals surface area contributed by atoms with E-state index in [0.29, 0.717) is 34.3 Å². The van der Waals surface area contributed by atoms with Gasteiger partial charge in [-0.25, -0.2) is 15.0 Å². The molecule has 32 heavy (non-hydrogen) atoms. The summed E-state index contributed by atoms with van der Waals surface area (Å²) in [7, 11) is 0. The zero-order chi connectivity index (χ0) is 22.3. The minimum Gasteiger partial charge on any atom is -0.340 e. The van der Waals surface area contributed by atoms with Crippen LogP contribution in [0.15, 0.2) is 85.3 Å². The summed E-state index contributed by atoms with van der Waals surface area (Å²) >= 11 is 0. The van der Waals surface area contributed by atoms with Gasteiger partial charge in [-0.1, -0.05) is 18.2 Å². The van der Waals surface area contributed by atoms with E-state index >= 15 is 0 Å². The number of nitrogens with one attached hydrogen (secondary N) is 3. The lowest BCUT2D eigenvalue weighted by Gasteiger charge is -2.10. The van der Waals surface area contributed by atoms with E-state index in [2.05, 4.69) is 30.9 Å². The first-order chi connectivity index (χ1) is 15.6. The molecule has 1 amide bonds. The van der Waals surface area contributed by atoms with Gasteiger partial charge in [0.2, 0.25) is 0 Å². The Hall–Kier alpha value is -4.59. The second-order valence-electron chi connectivity index (χ2n) is 6.92. The number of carbonyl (C=O) groups excluding carboxylic acids is 2. The van der Waals surface area contributed by atoms with Gasteiger partial charge in [0.15, 0.2) is 5.78 Å². The molecular weight excluding hydrogens is 404 g/mol. The molecule has 2 aromatic heterocycles. The first-order valence-electron chi connectivity index (χ1n) is 9.86. The Labute approximate surface area is 184 Å². The molecule has 0 radical (unpaired) electrons. The molecule has 0 spiro atoms. The van der Waals surface area contributed by atoms with Gasteiger partial charge in [-0.05, 0) is 55.5 Å². The molecular formula is C24H20N6O2. The molecule has 8 heteroatoms. The van der Waals surface area contributed by atoms with Crippen molar-refractivity contribution in [1.82, 2.24) is 15.0 Å². The van der Waals surface area contributed by atoms with Crippen molar-refractivity contribution in [1.29, 1.82) is 0 Å². The summed E-state index contributed by atoms with van der Waals surface area (Å²) in [4.78, 5) is 36.4. The quantitative estimate of drug-likeness (QED) is 0.365. The molecule has 158 valence electrons. The van der Waals surface area contributed by atoms with Crippen LogP contribution in [0.1, 0.15) is 27.6 Å². The zero-order valence-corrected chi connectivity index (χ0v) is 17.2. The maximum atomic E-state index is 12.4. The molecule has 0 aliphatic rings. The minimum atomic E-state index is -0.248. The summed E-state index contributed by atoms with van der Waals surface area (Å²) in [6, 6.07) is 21.1. The van der Waals surface area contributed by atoms with Crippen molar-refractivity contribution in [2.45, 2.75) is 6.92 Å². The number of rotatable bonds is 7. The highest BCUT2D eigenvalue weighted by atomic mass is 16.1. The monoisotopic (exact) mass is 424 g/mol. The zero-order valence-electron chi connectivity index (χ0n) is 17.2. The van der Waals surface area contributed by atoms with Gasteiger partial charge in [0, 0.05) is 34.8 Å². The Balaban J connectivity index is 1.38. The van der Waals surface area contributed by atoms with Crippen LogP contribution in [0.5, 0.6) is 0 Å². The molecule has 3 N–H and O–H groups in total. The van der Waals surface area contributed by atoms with Gasteiger partial charge in [0.1, 0.15) is 23.8 Å². The molecule has 0 saturated heterocycles. The van der Waals surface area contributed by atoms with E-state index in [1.165, 1.54) is 13.3 Å². The fraction of sp³-hybridized carbons (Fsp3) is 0.0417. The molecule has 8 nitrogen and oxygen atoms in total. The van der Waals surface area contributed by atoms with Crippen LogP contribution in [0.3, 0.4) is 0 Å². The lowest BCUT2D eigenvalue weighted by atomic mass is 10.1. The highest BCUT2D eigenvalue weighted by Gasteiger charge is 2.08. The van der Waals surface area contributed by atoms with E-state index in [-0.39, 0.29) is 11.7 Å². The van der Waals surface area contributed by atoms with E-state index in [0.717, 1.165) is 5.69 Å².